The number of benzene rings is 1. The van der Waals surface area contributed by atoms with Crippen molar-refractivity contribution in [2.24, 2.45) is 11.3 Å². The van der Waals surface area contributed by atoms with Gasteiger partial charge in [-0.05, 0) is 37.1 Å². The van der Waals surface area contributed by atoms with E-state index < -0.39 is 17.6 Å². The van der Waals surface area contributed by atoms with E-state index in [1.165, 1.54) is 0 Å². The molecular formula is C22H23F2N3O2. The van der Waals surface area contributed by atoms with Crippen molar-refractivity contribution in [1.29, 1.82) is 0 Å². The van der Waals surface area contributed by atoms with Crippen LogP contribution in [0.2, 0.25) is 0 Å². The van der Waals surface area contributed by atoms with Crippen LogP contribution in [0.4, 0.5) is 14.5 Å². The Hall–Kier alpha value is -2.83. The number of pyridine rings is 1. The minimum atomic E-state index is -0.680. The lowest BCUT2D eigenvalue weighted by atomic mass is 9.67. The summed E-state index contributed by atoms with van der Waals surface area (Å²) in [5.74, 6) is -2.25. The number of hydrogen-bond acceptors (Lipinski definition) is 3. The lowest BCUT2D eigenvalue weighted by molar-refractivity contribution is -0.123. The second-order valence-corrected chi connectivity index (χ2v) is 8.01. The van der Waals surface area contributed by atoms with Gasteiger partial charge in [0.2, 0.25) is 5.91 Å². The molecule has 1 N–H and O–H groups in total. The number of amides is 2. The molecule has 2 aromatic rings. The summed E-state index contributed by atoms with van der Waals surface area (Å²) >= 11 is 0. The second kappa shape index (κ2) is 7.89. The molecule has 29 heavy (non-hydrogen) atoms. The molecule has 2 amide bonds. The van der Waals surface area contributed by atoms with Crippen LogP contribution in [-0.4, -0.2) is 34.8 Å². The van der Waals surface area contributed by atoms with E-state index in [0.29, 0.717) is 12.1 Å². The predicted molar refractivity (Wildman–Crippen MR) is 104 cm³/mol. The highest BCUT2D eigenvalue weighted by Crippen LogP contribution is 2.48. The molecule has 1 aliphatic heterocycles. The van der Waals surface area contributed by atoms with Gasteiger partial charge >= 0.3 is 0 Å². The lowest BCUT2D eigenvalue weighted by Gasteiger charge is -2.37. The van der Waals surface area contributed by atoms with Gasteiger partial charge in [0.1, 0.15) is 11.6 Å². The Balaban J connectivity index is 1.58. The zero-order valence-corrected chi connectivity index (χ0v) is 16.0. The molecule has 2 fully saturated rings. The zero-order chi connectivity index (χ0) is 20.4. The first-order chi connectivity index (χ1) is 14.0. The van der Waals surface area contributed by atoms with E-state index >= 15 is 0 Å². The van der Waals surface area contributed by atoms with E-state index in [1.807, 2.05) is 0 Å². The third-order valence-electron chi connectivity index (χ3n) is 6.21. The molecule has 4 rings (SSSR count). The van der Waals surface area contributed by atoms with Crippen LogP contribution in [0.15, 0.2) is 42.7 Å². The molecule has 152 valence electrons. The molecule has 0 unspecified atom stereocenters. The number of nitrogens with zero attached hydrogens (tertiary/aromatic N) is 2. The van der Waals surface area contributed by atoms with Gasteiger partial charge < -0.3 is 10.2 Å². The summed E-state index contributed by atoms with van der Waals surface area (Å²) in [6.45, 7) is 0.766. The third kappa shape index (κ3) is 3.86. The molecule has 2 heterocycles. The van der Waals surface area contributed by atoms with Crippen molar-refractivity contribution in [3.05, 3.63) is 59.9 Å². The van der Waals surface area contributed by atoms with E-state index in [0.717, 1.165) is 50.3 Å². The first-order valence-electron chi connectivity index (χ1n) is 9.94. The Morgan fingerprint density at radius 3 is 2.52 bits per heavy atom. The molecule has 5 nitrogen and oxygen atoms in total. The number of anilines is 1. The highest BCUT2D eigenvalue weighted by atomic mass is 19.1. The summed E-state index contributed by atoms with van der Waals surface area (Å²) in [5.41, 5.74) is 0.0394. The summed E-state index contributed by atoms with van der Waals surface area (Å²) in [7, 11) is 0. The molecule has 1 atom stereocenters. The van der Waals surface area contributed by atoms with Crippen molar-refractivity contribution in [1.82, 2.24) is 9.88 Å². The van der Waals surface area contributed by atoms with Crippen LogP contribution in [0.25, 0.3) is 0 Å². The maximum atomic E-state index is 14.0. The molecule has 7 heteroatoms. The summed E-state index contributed by atoms with van der Waals surface area (Å²) in [4.78, 5) is 31.7. The first-order valence-corrected chi connectivity index (χ1v) is 9.94. The SMILES string of the molecule is O=C(Nc1cc(F)ccc1F)[C@@H]1CN(C(=O)c2ccncc2)CC12CCCCC2. The quantitative estimate of drug-likeness (QED) is 0.848. The van der Waals surface area contributed by atoms with Gasteiger partial charge in [-0.1, -0.05) is 19.3 Å². The number of rotatable bonds is 3. The van der Waals surface area contributed by atoms with Crippen LogP contribution in [0.1, 0.15) is 42.5 Å². The van der Waals surface area contributed by atoms with Gasteiger partial charge in [0.05, 0.1) is 11.6 Å². The number of hydrogen-bond donors (Lipinski definition) is 1. The van der Waals surface area contributed by atoms with Gasteiger partial charge in [-0.2, -0.15) is 0 Å². The average molecular weight is 399 g/mol. The predicted octanol–water partition coefficient (Wildman–Crippen LogP) is 4.02. The Kier molecular flexibility index (Phi) is 5.30. The van der Waals surface area contributed by atoms with E-state index in [-0.39, 0.29) is 29.5 Å². The molecule has 0 bridgehead atoms. The van der Waals surface area contributed by atoms with Gasteiger partial charge in [0.25, 0.3) is 5.91 Å². The van der Waals surface area contributed by atoms with Gasteiger partial charge in [0, 0.05) is 42.5 Å². The summed E-state index contributed by atoms with van der Waals surface area (Å²) in [6, 6.07) is 6.31. The summed E-state index contributed by atoms with van der Waals surface area (Å²) in [5, 5.41) is 2.56. The Morgan fingerprint density at radius 1 is 1.07 bits per heavy atom. The third-order valence-corrected chi connectivity index (χ3v) is 6.21. The van der Waals surface area contributed by atoms with Crippen LogP contribution in [0.5, 0.6) is 0 Å². The fourth-order valence-corrected chi connectivity index (χ4v) is 4.74. The molecular weight excluding hydrogens is 376 g/mol. The highest BCUT2D eigenvalue weighted by molar-refractivity contribution is 5.97. The number of aromatic nitrogens is 1. The summed E-state index contributed by atoms with van der Waals surface area (Å²) in [6.07, 6.45) is 7.92. The van der Waals surface area contributed by atoms with E-state index in [2.05, 4.69) is 10.3 Å². The topological polar surface area (TPSA) is 62.3 Å². The van der Waals surface area contributed by atoms with Crippen molar-refractivity contribution >= 4 is 17.5 Å². The van der Waals surface area contributed by atoms with Gasteiger partial charge in [-0.3, -0.25) is 14.6 Å². The zero-order valence-electron chi connectivity index (χ0n) is 16.0. The fraction of sp³-hybridized carbons (Fsp3) is 0.409. The Bertz CT molecular complexity index is 914. The fourth-order valence-electron chi connectivity index (χ4n) is 4.74. The van der Waals surface area contributed by atoms with Crippen molar-refractivity contribution in [2.75, 3.05) is 18.4 Å². The molecule has 2 aliphatic rings. The Labute approximate surface area is 168 Å². The molecule has 1 spiro atoms. The number of likely N-dealkylation sites (tertiary alicyclic amines) is 1. The van der Waals surface area contributed by atoms with E-state index in [1.54, 1.807) is 29.4 Å². The van der Waals surface area contributed by atoms with Crippen LogP contribution in [0, 0.1) is 23.0 Å². The molecule has 0 radical (unpaired) electrons. The maximum absolute atomic E-state index is 14.0. The van der Waals surface area contributed by atoms with Crippen molar-refractivity contribution < 1.29 is 18.4 Å². The van der Waals surface area contributed by atoms with Gasteiger partial charge in [-0.25, -0.2) is 8.78 Å². The average Bonchev–Trinajstić information content (AvgIpc) is 3.10. The van der Waals surface area contributed by atoms with Crippen LogP contribution in [-0.2, 0) is 4.79 Å². The van der Waals surface area contributed by atoms with Crippen molar-refractivity contribution in [2.45, 2.75) is 32.1 Å². The largest absolute Gasteiger partial charge is 0.337 e. The number of halogens is 2. The van der Waals surface area contributed by atoms with Crippen LogP contribution >= 0.6 is 0 Å². The van der Waals surface area contributed by atoms with Crippen molar-refractivity contribution in [3.8, 4) is 0 Å². The smallest absolute Gasteiger partial charge is 0.254 e. The molecule has 1 saturated carbocycles. The number of carbonyl (C=O) groups excluding carboxylic acids is 2. The van der Waals surface area contributed by atoms with Crippen molar-refractivity contribution in [3.63, 3.8) is 0 Å². The second-order valence-electron chi connectivity index (χ2n) is 8.01. The lowest BCUT2D eigenvalue weighted by Crippen LogP contribution is -2.39. The number of nitrogens with one attached hydrogen (secondary N) is 1. The molecule has 1 aromatic carbocycles. The first kappa shape index (κ1) is 19.5. The minimum absolute atomic E-state index is 0.135. The normalized spacial score (nSPS) is 20.6. The molecule has 1 saturated heterocycles. The van der Waals surface area contributed by atoms with E-state index in [9.17, 15) is 18.4 Å². The standard InChI is InChI=1S/C22H23F2N3O2/c23-16-4-5-18(24)19(12-16)26-20(28)17-13-27(14-22(17)8-2-1-3-9-22)21(29)15-6-10-25-11-7-15/h4-7,10-12,17H,1-3,8-9,13-14H2,(H,26,28)/t17-/m0/s1. The van der Waals surface area contributed by atoms with E-state index in [4.69, 9.17) is 0 Å². The van der Waals surface area contributed by atoms with Crippen LogP contribution in [0.3, 0.4) is 0 Å². The highest BCUT2D eigenvalue weighted by Gasteiger charge is 2.51. The number of carbonyl (C=O) groups is 2. The van der Waals surface area contributed by atoms with Gasteiger partial charge in [0.15, 0.2) is 0 Å². The van der Waals surface area contributed by atoms with Gasteiger partial charge in [-0.15, -0.1) is 0 Å². The monoisotopic (exact) mass is 399 g/mol. The summed E-state index contributed by atoms with van der Waals surface area (Å²) < 4.78 is 27.5. The maximum Gasteiger partial charge on any atom is 0.254 e. The molecule has 1 aliphatic carbocycles. The minimum Gasteiger partial charge on any atom is -0.337 e. The van der Waals surface area contributed by atoms with Crippen LogP contribution < -0.4 is 5.32 Å². The Morgan fingerprint density at radius 2 is 1.79 bits per heavy atom. The molecule has 1 aromatic heterocycles.